The third-order valence-corrected chi connectivity index (χ3v) is 2.97. The van der Waals surface area contributed by atoms with E-state index in [1.165, 1.54) is 0 Å². The minimum absolute atomic E-state index is 0. The van der Waals surface area contributed by atoms with Gasteiger partial charge in [-0.3, -0.25) is 0 Å². The zero-order valence-electron chi connectivity index (χ0n) is 10.2. The van der Waals surface area contributed by atoms with E-state index in [0.29, 0.717) is 0 Å². The molecule has 1 aromatic rings. The minimum Gasteiger partial charge on any atom is -0.387 e. The summed E-state index contributed by atoms with van der Waals surface area (Å²) >= 11 is 0. The van der Waals surface area contributed by atoms with Crippen LogP contribution in [0.4, 0.5) is 0 Å². The van der Waals surface area contributed by atoms with Gasteiger partial charge in [0.25, 0.3) is 0 Å². The fourth-order valence-corrected chi connectivity index (χ4v) is 1.63. The Hall–Kier alpha value is -0.197. The summed E-state index contributed by atoms with van der Waals surface area (Å²) in [6.45, 7) is 5.94. The molecule has 0 atom stereocenters. The minimum atomic E-state index is -0.699. The first kappa shape index (κ1) is 15.8. The van der Waals surface area contributed by atoms with Crippen LogP contribution in [-0.4, -0.2) is 10.7 Å². The van der Waals surface area contributed by atoms with Crippen LogP contribution < -0.4 is 0 Å². The van der Waals surface area contributed by atoms with E-state index in [4.69, 9.17) is 0 Å². The molecule has 0 aromatic heterocycles. The molecule has 2 heteroatoms. The van der Waals surface area contributed by atoms with E-state index in [1.807, 2.05) is 51.1 Å². The van der Waals surface area contributed by atoms with Gasteiger partial charge in [0.2, 0.25) is 0 Å². The zero-order valence-corrected chi connectivity index (χ0v) is 12.7. The summed E-state index contributed by atoms with van der Waals surface area (Å²) in [5, 5.41) is 10.3. The van der Waals surface area contributed by atoms with Crippen molar-refractivity contribution < 1.29 is 31.3 Å². The van der Waals surface area contributed by atoms with E-state index < -0.39 is 5.60 Å². The molecule has 0 aliphatic rings. The molecule has 0 amide bonds. The third kappa shape index (κ3) is 3.99. The molecule has 86 valence electrons. The van der Waals surface area contributed by atoms with Crippen LogP contribution in [0.5, 0.6) is 0 Å². The van der Waals surface area contributed by atoms with Crippen LogP contribution in [-0.2, 0) is 26.2 Å². The summed E-state index contributed by atoms with van der Waals surface area (Å²) < 4.78 is 0. The standard InChI is InChI=1S/C14H19O.Zr/c1-4-14(15,5-2)12(3)11-13-9-7-6-8-10-13;/h6-10,15H,4-5H2,1-3H3;/q-1;. The summed E-state index contributed by atoms with van der Waals surface area (Å²) in [4.78, 5) is 0. The molecule has 1 aromatic carbocycles. The Balaban J connectivity index is 0.00000225. The van der Waals surface area contributed by atoms with Gasteiger partial charge in [0.15, 0.2) is 0 Å². The molecule has 1 rings (SSSR count). The van der Waals surface area contributed by atoms with Crippen molar-refractivity contribution in [1.82, 2.24) is 0 Å². The van der Waals surface area contributed by atoms with Crippen LogP contribution in [0.3, 0.4) is 0 Å². The topological polar surface area (TPSA) is 20.2 Å². The summed E-state index contributed by atoms with van der Waals surface area (Å²) in [7, 11) is 0. The third-order valence-electron chi connectivity index (χ3n) is 2.97. The Morgan fingerprint density at radius 1 is 1.19 bits per heavy atom. The summed E-state index contributed by atoms with van der Waals surface area (Å²) in [5.41, 5.74) is 1.24. The van der Waals surface area contributed by atoms with Crippen molar-refractivity contribution in [2.45, 2.75) is 39.2 Å². The maximum atomic E-state index is 10.3. The fraction of sp³-hybridized carbons (Fsp3) is 0.429. The monoisotopic (exact) mass is 293 g/mol. The summed E-state index contributed by atoms with van der Waals surface area (Å²) in [6, 6.07) is 9.93. The van der Waals surface area contributed by atoms with Crippen molar-refractivity contribution in [2.24, 2.45) is 0 Å². The van der Waals surface area contributed by atoms with Gasteiger partial charge in [-0.1, -0.05) is 26.8 Å². The van der Waals surface area contributed by atoms with Crippen molar-refractivity contribution in [1.29, 1.82) is 0 Å². The molecule has 0 bridgehead atoms. The van der Waals surface area contributed by atoms with Crippen LogP contribution in [0.2, 0.25) is 0 Å². The van der Waals surface area contributed by atoms with E-state index in [1.54, 1.807) is 0 Å². The van der Waals surface area contributed by atoms with Gasteiger partial charge in [0, 0.05) is 26.2 Å². The van der Waals surface area contributed by atoms with E-state index in [0.717, 1.165) is 24.0 Å². The van der Waals surface area contributed by atoms with Crippen molar-refractivity contribution in [3.05, 3.63) is 47.5 Å². The maximum Gasteiger partial charge on any atom is 0.0738 e. The molecule has 0 aliphatic carbocycles. The van der Waals surface area contributed by atoms with Gasteiger partial charge in [-0.05, 0) is 12.8 Å². The average molecular weight is 295 g/mol. The molecule has 0 saturated carbocycles. The largest absolute Gasteiger partial charge is 0.387 e. The molecule has 16 heavy (non-hydrogen) atoms. The van der Waals surface area contributed by atoms with E-state index in [-0.39, 0.29) is 26.2 Å². The van der Waals surface area contributed by atoms with Crippen LogP contribution in [0.25, 0.3) is 0 Å². The second kappa shape index (κ2) is 7.19. The first-order valence-corrected chi connectivity index (χ1v) is 5.51. The Morgan fingerprint density at radius 3 is 2.12 bits per heavy atom. The van der Waals surface area contributed by atoms with Crippen molar-refractivity contribution in [2.75, 3.05) is 0 Å². The second-order valence-corrected chi connectivity index (χ2v) is 3.85. The van der Waals surface area contributed by atoms with E-state index in [9.17, 15) is 5.11 Å². The molecule has 0 heterocycles. The molecule has 0 aliphatic heterocycles. The average Bonchev–Trinajstić information content (AvgIpc) is 2.29. The molecule has 0 fully saturated rings. The van der Waals surface area contributed by atoms with Gasteiger partial charge in [-0.15, -0.1) is 17.7 Å². The quantitative estimate of drug-likeness (QED) is 0.845. The van der Waals surface area contributed by atoms with Gasteiger partial charge in [-0.25, -0.2) is 0 Å². The van der Waals surface area contributed by atoms with Gasteiger partial charge in [0.1, 0.15) is 0 Å². The van der Waals surface area contributed by atoms with Crippen LogP contribution in [0.15, 0.2) is 35.9 Å². The number of aliphatic hydroxyl groups is 1. The van der Waals surface area contributed by atoms with E-state index >= 15 is 0 Å². The number of hydrogen-bond donors (Lipinski definition) is 1. The number of benzene rings is 1. The number of hydrogen-bond acceptors (Lipinski definition) is 1. The Kier molecular flexibility index (Phi) is 7.10. The van der Waals surface area contributed by atoms with Crippen LogP contribution >= 0.6 is 0 Å². The molecule has 0 saturated heterocycles. The first-order valence-electron chi connectivity index (χ1n) is 5.51. The van der Waals surface area contributed by atoms with Gasteiger partial charge < -0.3 is 5.11 Å². The van der Waals surface area contributed by atoms with Crippen LogP contribution in [0.1, 0.15) is 39.2 Å². The second-order valence-electron chi connectivity index (χ2n) is 3.85. The zero-order chi connectivity index (χ0) is 11.3. The Morgan fingerprint density at radius 2 is 1.69 bits per heavy atom. The smallest absolute Gasteiger partial charge is 0.0738 e. The molecular weight excluding hydrogens is 275 g/mol. The van der Waals surface area contributed by atoms with Gasteiger partial charge >= 0.3 is 0 Å². The predicted octanol–water partition coefficient (Wildman–Crippen LogP) is 3.33. The normalized spacial score (nSPS) is 12.1. The van der Waals surface area contributed by atoms with Crippen molar-refractivity contribution in [3.63, 3.8) is 0 Å². The predicted molar refractivity (Wildman–Crippen MR) is 63.5 cm³/mol. The molecule has 0 unspecified atom stereocenters. The number of rotatable bonds is 4. The molecular formula is C14H19OZr-. The summed E-state index contributed by atoms with van der Waals surface area (Å²) in [6.07, 6.45) is 4.71. The SMILES string of the molecule is CCC(O)(CC)C(C)=[C-]c1ccccc1.[Zr]. The van der Waals surface area contributed by atoms with Crippen LogP contribution in [0, 0.1) is 6.08 Å². The van der Waals surface area contributed by atoms with Crippen molar-refractivity contribution >= 4 is 0 Å². The molecule has 1 N–H and O–H groups in total. The molecule has 0 radical (unpaired) electrons. The summed E-state index contributed by atoms with van der Waals surface area (Å²) in [5.74, 6) is 0. The van der Waals surface area contributed by atoms with Crippen molar-refractivity contribution in [3.8, 4) is 0 Å². The van der Waals surface area contributed by atoms with E-state index in [2.05, 4.69) is 6.08 Å². The maximum absolute atomic E-state index is 10.3. The van der Waals surface area contributed by atoms with Gasteiger partial charge in [-0.2, -0.15) is 23.8 Å². The first-order chi connectivity index (χ1) is 7.12. The fourth-order valence-electron chi connectivity index (χ4n) is 1.63. The molecule has 1 nitrogen and oxygen atoms in total. The Labute approximate surface area is 118 Å². The Bertz CT molecular complexity index is 326. The molecule has 0 spiro atoms. The van der Waals surface area contributed by atoms with Gasteiger partial charge in [0.05, 0.1) is 5.60 Å².